The monoisotopic (exact) mass is 283 g/mol. The van der Waals surface area contributed by atoms with Gasteiger partial charge in [-0.15, -0.1) is 0 Å². The number of nitrogens with one attached hydrogen (secondary N) is 1. The zero-order chi connectivity index (χ0) is 14.6. The Morgan fingerprint density at radius 3 is 2.21 bits per heavy atom. The van der Waals surface area contributed by atoms with Crippen molar-refractivity contribution < 1.29 is 4.74 Å². The number of benzene rings is 1. The fraction of sp³-hybridized carbons (Fsp3) is 0.625. The van der Waals surface area contributed by atoms with E-state index in [1.807, 2.05) is 26.0 Å². The van der Waals surface area contributed by atoms with Crippen LogP contribution in [0.5, 0.6) is 5.75 Å². The molecule has 0 saturated heterocycles. The lowest BCUT2D eigenvalue weighted by atomic mass is 9.94. The minimum Gasteiger partial charge on any atom is -0.493 e. The van der Waals surface area contributed by atoms with Crippen LogP contribution in [-0.2, 0) is 0 Å². The average molecular weight is 284 g/mol. The summed E-state index contributed by atoms with van der Waals surface area (Å²) in [6, 6.07) is 4.50. The highest BCUT2D eigenvalue weighted by Crippen LogP contribution is 2.27. The number of halogens is 1. The largest absolute Gasteiger partial charge is 0.493 e. The summed E-state index contributed by atoms with van der Waals surface area (Å²) in [4.78, 5) is 0. The molecule has 0 atom stereocenters. The molecule has 0 heterocycles. The van der Waals surface area contributed by atoms with Crippen molar-refractivity contribution in [3.05, 3.63) is 28.3 Å². The Kier molecular flexibility index (Phi) is 5.69. The highest BCUT2D eigenvalue weighted by Gasteiger charge is 2.19. The second-order valence-electron chi connectivity index (χ2n) is 6.36. The van der Waals surface area contributed by atoms with Gasteiger partial charge in [0.05, 0.1) is 6.61 Å². The molecule has 0 fully saturated rings. The van der Waals surface area contributed by atoms with Crippen LogP contribution < -0.4 is 10.1 Å². The first-order chi connectivity index (χ1) is 8.71. The van der Waals surface area contributed by atoms with Gasteiger partial charge >= 0.3 is 0 Å². The van der Waals surface area contributed by atoms with E-state index < -0.39 is 0 Å². The lowest BCUT2D eigenvalue weighted by Crippen LogP contribution is -2.37. The molecule has 0 bridgehead atoms. The van der Waals surface area contributed by atoms with Crippen LogP contribution in [0.3, 0.4) is 0 Å². The Morgan fingerprint density at radius 1 is 1.21 bits per heavy atom. The summed E-state index contributed by atoms with van der Waals surface area (Å²) in [5.41, 5.74) is 2.23. The second kappa shape index (κ2) is 6.62. The number of ether oxygens (including phenoxy) is 1. The van der Waals surface area contributed by atoms with Crippen molar-refractivity contribution >= 4 is 11.6 Å². The van der Waals surface area contributed by atoms with Gasteiger partial charge in [0.1, 0.15) is 5.75 Å². The van der Waals surface area contributed by atoms with Crippen LogP contribution in [0.2, 0.25) is 5.02 Å². The standard InChI is InChI=1S/C16H26ClNO/c1-11(2)18-9-16(5,6)10-19-14-7-12(3)15(17)13(4)8-14/h7-8,11,18H,9-10H2,1-6H3. The molecule has 0 aliphatic carbocycles. The Hall–Kier alpha value is -0.730. The van der Waals surface area contributed by atoms with E-state index in [0.717, 1.165) is 28.4 Å². The molecule has 1 N–H and O–H groups in total. The van der Waals surface area contributed by atoms with Crippen LogP contribution in [0.4, 0.5) is 0 Å². The van der Waals surface area contributed by atoms with Crippen LogP contribution in [0.15, 0.2) is 12.1 Å². The summed E-state index contributed by atoms with van der Waals surface area (Å²) >= 11 is 6.16. The van der Waals surface area contributed by atoms with E-state index in [4.69, 9.17) is 16.3 Å². The molecule has 3 heteroatoms. The molecular formula is C16H26ClNO. The van der Waals surface area contributed by atoms with E-state index >= 15 is 0 Å². The maximum Gasteiger partial charge on any atom is 0.119 e. The van der Waals surface area contributed by atoms with Gasteiger partial charge in [0.15, 0.2) is 0 Å². The van der Waals surface area contributed by atoms with E-state index in [0.29, 0.717) is 12.6 Å². The molecule has 0 aromatic heterocycles. The first-order valence-corrected chi connectivity index (χ1v) is 7.22. The normalized spacial score (nSPS) is 12.0. The number of hydrogen-bond acceptors (Lipinski definition) is 2. The predicted octanol–water partition coefficient (Wildman–Crippen LogP) is 4.36. The van der Waals surface area contributed by atoms with E-state index in [1.54, 1.807) is 0 Å². The van der Waals surface area contributed by atoms with Gasteiger partial charge in [0, 0.05) is 23.0 Å². The number of hydrogen-bond donors (Lipinski definition) is 1. The summed E-state index contributed by atoms with van der Waals surface area (Å²) in [6.45, 7) is 14.4. The molecular weight excluding hydrogens is 258 g/mol. The van der Waals surface area contributed by atoms with Gasteiger partial charge in [-0.05, 0) is 37.1 Å². The third-order valence-corrected chi connectivity index (χ3v) is 3.62. The molecule has 0 saturated carbocycles. The quantitative estimate of drug-likeness (QED) is 0.837. The van der Waals surface area contributed by atoms with Crippen molar-refractivity contribution in [1.29, 1.82) is 0 Å². The molecule has 1 rings (SSSR count). The zero-order valence-corrected chi connectivity index (χ0v) is 13.7. The van der Waals surface area contributed by atoms with Crippen LogP contribution in [0, 0.1) is 19.3 Å². The Morgan fingerprint density at radius 2 is 1.74 bits per heavy atom. The van der Waals surface area contributed by atoms with Gasteiger partial charge in [-0.2, -0.15) is 0 Å². The molecule has 0 aliphatic rings. The fourth-order valence-electron chi connectivity index (χ4n) is 1.80. The van der Waals surface area contributed by atoms with Crippen LogP contribution in [0.1, 0.15) is 38.8 Å². The Balaban J connectivity index is 2.61. The van der Waals surface area contributed by atoms with Crippen LogP contribution >= 0.6 is 11.6 Å². The molecule has 0 aliphatic heterocycles. The fourth-order valence-corrected chi connectivity index (χ4v) is 1.91. The lowest BCUT2D eigenvalue weighted by molar-refractivity contribution is 0.173. The minimum atomic E-state index is 0.103. The van der Waals surface area contributed by atoms with Crippen molar-refractivity contribution in [2.75, 3.05) is 13.2 Å². The van der Waals surface area contributed by atoms with Gasteiger partial charge < -0.3 is 10.1 Å². The van der Waals surface area contributed by atoms with Crippen molar-refractivity contribution in [3.63, 3.8) is 0 Å². The zero-order valence-electron chi connectivity index (χ0n) is 12.9. The molecule has 0 amide bonds. The number of aryl methyl sites for hydroxylation is 2. The van der Waals surface area contributed by atoms with E-state index in [9.17, 15) is 0 Å². The molecule has 1 aromatic carbocycles. The summed E-state index contributed by atoms with van der Waals surface area (Å²) in [7, 11) is 0. The first-order valence-electron chi connectivity index (χ1n) is 6.84. The molecule has 0 radical (unpaired) electrons. The van der Waals surface area contributed by atoms with Crippen LogP contribution in [-0.4, -0.2) is 19.2 Å². The van der Waals surface area contributed by atoms with Crippen molar-refractivity contribution in [2.24, 2.45) is 5.41 Å². The van der Waals surface area contributed by atoms with Gasteiger partial charge in [-0.3, -0.25) is 0 Å². The van der Waals surface area contributed by atoms with Gasteiger partial charge in [-0.25, -0.2) is 0 Å². The van der Waals surface area contributed by atoms with Crippen molar-refractivity contribution in [3.8, 4) is 5.75 Å². The second-order valence-corrected chi connectivity index (χ2v) is 6.74. The predicted molar refractivity (Wildman–Crippen MR) is 83.3 cm³/mol. The number of rotatable bonds is 6. The molecule has 0 unspecified atom stereocenters. The minimum absolute atomic E-state index is 0.103. The Bertz CT molecular complexity index is 404. The van der Waals surface area contributed by atoms with Crippen LogP contribution in [0.25, 0.3) is 0 Å². The smallest absolute Gasteiger partial charge is 0.119 e. The topological polar surface area (TPSA) is 21.3 Å². The third-order valence-electron chi connectivity index (χ3n) is 3.03. The summed E-state index contributed by atoms with van der Waals surface area (Å²) in [5.74, 6) is 0.900. The first kappa shape index (κ1) is 16.3. The maximum atomic E-state index is 6.16. The molecule has 0 spiro atoms. The highest BCUT2D eigenvalue weighted by atomic mass is 35.5. The summed E-state index contributed by atoms with van der Waals surface area (Å²) in [6.07, 6.45) is 0. The van der Waals surface area contributed by atoms with Crippen molar-refractivity contribution in [1.82, 2.24) is 5.32 Å². The average Bonchev–Trinajstić information content (AvgIpc) is 2.31. The molecule has 2 nitrogen and oxygen atoms in total. The van der Waals surface area contributed by atoms with Gasteiger partial charge in [0.25, 0.3) is 0 Å². The van der Waals surface area contributed by atoms with E-state index in [1.165, 1.54) is 0 Å². The third kappa shape index (κ3) is 5.42. The van der Waals surface area contributed by atoms with E-state index in [2.05, 4.69) is 33.0 Å². The van der Waals surface area contributed by atoms with Gasteiger partial charge in [0.2, 0.25) is 0 Å². The molecule has 1 aromatic rings. The van der Waals surface area contributed by atoms with E-state index in [-0.39, 0.29) is 5.41 Å². The molecule has 19 heavy (non-hydrogen) atoms. The lowest BCUT2D eigenvalue weighted by Gasteiger charge is -2.26. The Labute approximate surface area is 122 Å². The summed E-state index contributed by atoms with van der Waals surface area (Å²) < 4.78 is 5.92. The van der Waals surface area contributed by atoms with Crippen molar-refractivity contribution in [2.45, 2.75) is 47.6 Å². The molecule has 108 valence electrons. The maximum absolute atomic E-state index is 6.16. The van der Waals surface area contributed by atoms with Gasteiger partial charge in [-0.1, -0.05) is 39.3 Å². The summed E-state index contributed by atoms with van der Waals surface area (Å²) in [5, 5.41) is 4.28. The SMILES string of the molecule is Cc1cc(OCC(C)(C)CNC(C)C)cc(C)c1Cl. The highest BCUT2D eigenvalue weighted by molar-refractivity contribution is 6.32.